The SMILES string of the molecule is CN1C(=O)S/C(=C\c2cc(Cl)c(OCc3ccc(C(=O)O)cc3)c(Cl)c2)C1=O. The summed E-state index contributed by atoms with van der Waals surface area (Å²) in [6, 6.07) is 9.41. The molecule has 144 valence electrons. The van der Waals surface area contributed by atoms with Crippen molar-refractivity contribution in [2.75, 3.05) is 7.05 Å². The fourth-order valence-electron chi connectivity index (χ4n) is 2.40. The van der Waals surface area contributed by atoms with Crippen LogP contribution >= 0.6 is 35.0 Å². The molecule has 0 bridgehead atoms. The Bertz CT molecular complexity index is 981. The van der Waals surface area contributed by atoms with Gasteiger partial charge in [0.15, 0.2) is 5.75 Å². The van der Waals surface area contributed by atoms with Crippen LogP contribution in [0, 0.1) is 0 Å². The Kier molecular flexibility index (Phi) is 5.98. The van der Waals surface area contributed by atoms with Gasteiger partial charge in [-0.3, -0.25) is 14.5 Å². The van der Waals surface area contributed by atoms with Crippen LogP contribution in [0.25, 0.3) is 6.08 Å². The van der Waals surface area contributed by atoms with Crippen LogP contribution in [0.3, 0.4) is 0 Å². The zero-order valence-electron chi connectivity index (χ0n) is 14.4. The molecule has 28 heavy (non-hydrogen) atoms. The van der Waals surface area contributed by atoms with Gasteiger partial charge in [-0.25, -0.2) is 4.79 Å². The van der Waals surface area contributed by atoms with E-state index in [2.05, 4.69) is 0 Å². The maximum atomic E-state index is 12.0. The van der Waals surface area contributed by atoms with E-state index in [1.807, 2.05) is 0 Å². The number of carbonyl (C=O) groups excluding carboxylic acids is 2. The summed E-state index contributed by atoms with van der Waals surface area (Å²) in [6.07, 6.45) is 1.54. The zero-order chi connectivity index (χ0) is 20.4. The van der Waals surface area contributed by atoms with Crippen LogP contribution in [0.4, 0.5) is 4.79 Å². The summed E-state index contributed by atoms with van der Waals surface area (Å²) < 4.78 is 5.67. The molecule has 1 aliphatic rings. The van der Waals surface area contributed by atoms with Crippen molar-refractivity contribution in [3.63, 3.8) is 0 Å². The first-order chi connectivity index (χ1) is 13.3. The first-order valence-corrected chi connectivity index (χ1v) is 9.49. The molecule has 1 fully saturated rings. The van der Waals surface area contributed by atoms with Gasteiger partial charge in [-0.1, -0.05) is 35.3 Å². The van der Waals surface area contributed by atoms with Crippen LogP contribution in [0.2, 0.25) is 10.0 Å². The van der Waals surface area contributed by atoms with E-state index in [9.17, 15) is 14.4 Å². The van der Waals surface area contributed by atoms with Gasteiger partial charge in [-0.05, 0) is 53.2 Å². The number of rotatable bonds is 5. The van der Waals surface area contributed by atoms with Crippen molar-refractivity contribution < 1.29 is 24.2 Å². The third-order valence-electron chi connectivity index (χ3n) is 3.89. The smallest absolute Gasteiger partial charge is 0.335 e. The quantitative estimate of drug-likeness (QED) is 0.666. The highest BCUT2D eigenvalue weighted by atomic mass is 35.5. The van der Waals surface area contributed by atoms with Gasteiger partial charge in [-0.2, -0.15) is 0 Å². The molecule has 0 atom stereocenters. The monoisotopic (exact) mass is 437 g/mol. The molecule has 0 spiro atoms. The fraction of sp³-hybridized carbons (Fsp3) is 0.105. The number of benzene rings is 2. The van der Waals surface area contributed by atoms with Crippen molar-refractivity contribution in [1.82, 2.24) is 4.90 Å². The molecule has 1 saturated heterocycles. The van der Waals surface area contributed by atoms with Crippen molar-refractivity contribution in [2.45, 2.75) is 6.61 Å². The van der Waals surface area contributed by atoms with Gasteiger partial charge in [0.1, 0.15) is 6.61 Å². The van der Waals surface area contributed by atoms with E-state index >= 15 is 0 Å². The Morgan fingerprint density at radius 1 is 1.18 bits per heavy atom. The summed E-state index contributed by atoms with van der Waals surface area (Å²) in [5, 5.41) is 9.06. The van der Waals surface area contributed by atoms with Crippen LogP contribution in [0.5, 0.6) is 5.75 Å². The molecule has 9 heteroatoms. The lowest BCUT2D eigenvalue weighted by Crippen LogP contribution is -2.22. The lowest BCUT2D eigenvalue weighted by molar-refractivity contribution is -0.121. The molecule has 0 saturated carbocycles. The molecule has 1 N–H and O–H groups in total. The minimum Gasteiger partial charge on any atom is -0.486 e. The van der Waals surface area contributed by atoms with E-state index in [1.54, 1.807) is 30.3 Å². The molecule has 6 nitrogen and oxygen atoms in total. The molecule has 2 amide bonds. The minimum absolute atomic E-state index is 0.146. The van der Waals surface area contributed by atoms with E-state index in [-0.39, 0.29) is 44.0 Å². The van der Waals surface area contributed by atoms with Crippen molar-refractivity contribution in [3.05, 3.63) is 68.0 Å². The van der Waals surface area contributed by atoms with E-state index in [4.69, 9.17) is 33.0 Å². The molecule has 2 aromatic carbocycles. The summed E-state index contributed by atoms with van der Waals surface area (Å²) in [5.41, 5.74) is 1.49. The number of hydrogen-bond acceptors (Lipinski definition) is 5. The number of aromatic carboxylic acids is 1. The van der Waals surface area contributed by atoms with Crippen molar-refractivity contribution in [3.8, 4) is 5.75 Å². The number of thioether (sulfide) groups is 1. The number of halogens is 2. The van der Waals surface area contributed by atoms with Gasteiger partial charge in [0.2, 0.25) is 0 Å². The number of hydrogen-bond donors (Lipinski definition) is 1. The van der Waals surface area contributed by atoms with Gasteiger partial charge in [-0.15, -0.1) is 0 Å². The van der Waals surface area contributed by atoms with Gasteiger partial charge in [0.25, 0.3) is 11.1 Å². The van der Waals surface area contributed by atoms with Gasteiger partial charge in [0, 0.05) is 7.05 Å². The second-order valence-electron chi connectivity index (χ2n) is 5.85. The highest BCUT2D eigenvalue weighted by Gasteiger charge is 2.31. The number of carboxylic acids is 1. The molecule has 0 aliphatic carbocycles. The number of amides is 2. The Morgan fingerprint density at radius 3 is 2.29 bits per heavy atom. The van der Waals surface area contributed by atoms with Crippen LogP contribution in [0.15, 0.2) is 41.3 Å². The predicted octanol–water partition coefficient (Wildman–Crippen LogP) is 4.94. The first-order valence-electron chi connectivity index (χ1n) is 7.92. The molecule has 0 radical (unpaired) electrons. The summed E-state index contributed by atoms with van der Waals surface area (Å²) in [6.45, 7) is 0.146. The van der Waals surface area contributed by atoms with E-state index in [0.717, 1.165) is 22.2 Å². The van der Waals surface area contributed by atoms with Crippen LogP contribution in [-0.4, -0.2) is 34.2 Å². The molecular formula is C19H13Cl2NO5S. The average Bonchev–Trinajstić information content (AvgIpc) is 2.88. The average molecular weight is 438 g/mol. The third kappa shape index (κ3) is 4.32. The van der Waals surface area contributed by atoms with Crippen LogP contribution < -0.4 is 4.74 Å². The molecule has 1 aliphatic heterocycles. The van der Waals surface area contributed by atoms with Crippen molar-refractivity contribution in [1.29, 1.82) is 0 Å². The summed E-state index contributed by atoms with van der Waals surface area (Å²) in [4.78, 5) is 35.7. The molecule has 0 unspecified atom stereocenters. The molecule has 0 aromatic heterocycles. The Hall–Kier alpha value is -2.48. The number of nitrogens with zero attached hydrogens (tertiary/aromatic N) is 1. The Labute approximate surface area is 174 Å². The minimum atomic E-state index is -1.00. The zero-order valence-corrected chi connectivity index (χ0v) is 16.8. The Balaban J connectivity index is 1.76. The normalized spacial score (nSPS) is 15.4. The summed E-state index contributed by atoms with van der Waals surface area (Å²) in [5.74, 6) is -1.12. The third-order valence-corrected chi connectivity index (χ3v) is 5.41. The predicted molar refractivity (Wildman–Crippen MR) is 108 cm³/mol. The fourth-order valence-corrected chi connectivity index (χ4v) is 3.84. The highest BCUT2D eigenvalue weighted by Crippen LogP contribution is 2.37. The lowest BCUT2D eigenvalue weighted by Gasteiger charge is -2.11. The first kappa shape index (κ1) is 20.3. The standard InChI is InChI=1S/C19H13Cl2NO5S/c1-22-17(23)15(28-19(22)26)8-11-6-13(20)16(14(21)7-11)27-9-10-2-4-12(5-3-10)18(24)25/h2-8H,9H2,1H3,(H,24,25)/b15-8-. The second-order valence-corrected chi connectivity index (χ2v) is 7.65. The van der Waals surface area contributed by atoms with E-state index in [1.165, 1.54) is 19.2 Å². The number of carboxylic acid groups (broad SMARTS) is 1. The number of ether oxygens (including phenoxy) is 1. The van der Waals surface area contributed by atoms with Crippen molar-refractivity contribution >= 4 is 58.2 Å². The number of carbonyl (C=O) groups is 3. The lowest BCUT2D eigenvalue weighted by atomic mass is 10.1. The molecule has 2 aromatic rings. The van der Waals surface area contributed by atoms with Gasteiger partial charge >= 0.3 is 5.97 Å². The van der Waals surface area contributed by atoms with Crippen LogP contribution in [0.1, 0.15) is 21.5 Å². The number of imide groups is 1. The van der Waals surface area contributed by atoms with Crippen molar-refractivity contribution in [2.24, 2.45) is 0 Å². The Morgan fingerprint density at radius 2 is 1.79 bits per heavy atom. The summed E-state index contributed by atoms with van der Waals surface area (Å²) >= 11 is 13.4. The largest absolute Gasteiger partial charge is 0.486 e. The highest BCUT2D eigenvalue weighted by molar-refractivity contribution is 8.18. The van der Waals surface area contributed by atoms with E-state index in [0.29, 0.717) is 5.56 Å². The van der Waals surface area contributed by atoms with Crippen LogP contribution in [-0.2, 0) is 11.4 Å². The summed E-state index contributed by atoms with van der Waals surface area (Å²) in [7, 11) is 1.42. The maximum Gasteiger partial charge on any atom is 0.335 e. The van der Waals surface area contributed by atoms with Gasteiger partial charge < -0.3 is 9.84 Å². The topological polar surface area (TPSA) is 83.9 Å². The molecule has 1 heterocycles. The number of likely N-dealkylation sites (N-methyl/N-ethyl adjacent to an activating group) is 1. The second kappa shape index (κ2) is 8.26. The van der Waals surface area contributed by atoms with E-state index < -0.39 is 5.97 Å². The maximum absolute atomic E-state index is 12.0. The molecule has 3 rings (SSSR count). The van der Waals surface area contributed by atoms with Gasteiger partial charge in [0.05, 0.1) is 20.5 Å². The molecular weight excluding hydrogens is 425 g/mol.